The average molecular weight is 154 g/mol. The highest BCUT2D eigenvalue weighted by Gasteiger charge is 1.84. The zero-order chi connectivity index (χ0) is 8.53. The van der Waals surface area contributed by atoms with Crippen molar-refractivity contribution in [1.29, 1.82) is 0 Å². The summed E-state index contributed by atoms with van der Waals surface area (Å²) >= 11 is 0. The lowest BCUT2D eigenvalue weighted by molar-refractivity contribution is -0.135. The van der Waals surface area contributed by atoms with Gasteiger partial charge in [-0.2, -0.15) is 0 Å². The molecule has 60 valence electrons. The van der Waals surface area contributed by atoms with E-state index in [1.165, 1.54) is 6.08 Å². The Morgan fingerprint density at radius 3 is 2.64 bits per heavy atom. The molecule has 0 saturated carbocycles. The number of imidazole rings is 1. The number of carboxylic acids is 1. The summed E-state index contributed by atoms with van der Waals surface area (Å²) in [4.78, 5) is 15.9. The van der Waals surface area contributed by atoms with Gasteiger partial charge in [0.15, 0.2) is 0 Å². The number of hydrogen-bond acceptors (Lipinski definition) is 2. The van der Waals surface area contributed by atoms with E-state index < -0.39 is 5.97 Å². The first-order valence-electron chi connectivity index (χ1n) is 3.02. The van der Waals surface area contributed by atoms with Gasteiger partial charge in [-0.25, -0.2) is 4.98 Å². The van der Waals surface area contributed by atoms with Gasteiger partial charge in [0, 0.05) is 12.4 Å². The highest BCUT2D eigenvalue weighted by molar-refractivity contribution is 5.68. The lowest BCUT2D eigenvalue weighted by atomic mass is 10.4. The molecule has 2 N–H and O–H groups in total. The minimum atomic E-state index is -0.829. The number of H-pyrrole nitrogens is 1. The molecule has 1 aromatic heterocycles. The van der Waals surface area contributed by atoms with Crippen LogP contribution in [0.5, 0.6) is 0 Å². The van der Waals surface area contributed by atoms with E-state index in [0.29, 0.717) is 0 Å². The normalized spacial score (nSPS) is 7.64. The zero-order valence-corrected chi connectivity index (χ0v) is 6.03. The second kappa shape index (κ2) is 6.54. The predicted octanol–water partition coefficient (Wildman–Crippen LogP) is 1.06. The first-order valence-corrected chi connectivity index (χ1v) is 3.02. The molecule has 0 saturated heterocycles. The molecule has 11 heavy (non-hydrogen) atoms. The predicted molar refractivity (Wildman–Crippen MR) is 41.0 cm³/mol. The maximum absolute atomic E-state index is 9.53. The number of nitrogens with one attached hydrogen (secondary N) is 1. The molecule has 0 amide bonds. The summed E-state index contributed by atoms with van der Waals surface area (Å²) in [6, 6.07) is 0. The van der Waals surface area contributed by atoms with Gasteiger partial charge in [-0.15, -0.1) is 6.58 Å². The third-order valence-corrected chi connectivity index (χ3v) is 0.725. The number of carboxylic acid groups (broad SMARTS) is 1. The van der Waals surface area contributed by atoms with Crippen LogP contribution < -0.4 is 0 Å². The van der Waals surface area contributed by atoms with Crippen LogP contribution in [0.4, 0.5) is 0 Å². The number of aliphatic carboxylic acids is 1. The molecule has 4 nitrogen and oxygen atoms in total. The van der Waals surface area contributed by atoms with Crippen molar-refractivity contribution in [3.63, 3.8) is 0 Å². The van der Waals surface area contributed by atoms with Gasteiger partial charge < -0.3 is 10.1 Å². The molecule has 0 unspecified atom stereocenters. The highest BCUT2D eigenvalue weighted by Crippen LogP contribution is 1.74. The quantitative estimate of drug-likeness (QED) is 0.626. The molecule has 1 aromatic rings. The van der Waals surface area contributed by atoms with E-state index in [2.05, 4.69) is 16.5 Å². The lowest BCUT2D eigenvalue weighted by Gasteiger charge is -1.75. The Morgan fingerprint density at radius 2 is 2.55 bits per heavy atom. The molecular weight excluding hydrogens is 144 g/mol. The van der Waals surface area contributed by atoms with Crippen LogP contribution in [0.25, 0.3) is 0 Å². The average Bonchev–Trinajstić information content (AvgIpc) is 2.41. The summed E-state index contributed by atoms with van der Waals surface area (Å²) in [5.74, 6) is -0.829. The smallest absolute Gasteiger partial charge is 0.307 e. The van der Waals surface area contributed by atoms with Crippen molar-refractivity contribution in [3.8, 4) is 0 Å². The summed E-state index contributed by atoms with van der Waals surface area (Å²) in [5, 5.41) is 7.84. The molecule has 0 aliphatic rings. The highest BCUT2D eigenvalue weighted by atomic mass is 16.4. The lowest BCUT2D eigenvalue weighted by Crippen LogP contribution is -1.88. The van der Waals surface area contributed by atoms with Gasteiger partial charge in [0.05, 0.1) is 12.7 Å². The number of nitrogens with zero attached hydrogens (tertiary/aromatic N) is 1. The summed E-state index contributed by atoms with van der Waals surface area (Å²) < 4.78 is 0. The summed E-state index contributed by atoms with van der Waals surface area (Å²) in [5.41, 5.74) is 0. The minimum absolute atomic E-state index is 0.0556. The van der Waals surface area contributed by atoms with Gasteiger partial charge in [0.1, 0.15) is 0 Å². The second-order valence-corrected chi connectivity index (χ2v) is 1.65. The zero-order valence-electron chi connectivity index (χ0n) is 6.03. The number of aromatic amines is 1. The van der Waals surface area contributed by atoms with Crippen molar-refractivity contribution in [2.75, 3.05) is 0 Å². The van der Waals surface area contributed by atoms with E-state index in [0.717, 1.165) is 0 Å². The number of hydrogen-bond donors (Lipinski definition) is 2. The van der Waals surface area contributed by atoms with Gasteiger partial charge in [-0.1, -0.05) is 6.08 Å². The van der Waals surface area contributed by atoms with E-state index in [9.17, 15) is 4.79 Å². The minimum Gasteiger partial charge on any atom is -0.481 e. The molecule has 0 atom stereocenters. The molecule has 0 aliphatic heterocycles. The van der Waals surface area contributed by atoms with Crippen molar-refractivity contribution in [2.24, 2.45) is 0 Å². The number of carbonyl (C=O) groups is 1. The fourth-order valence-corrected chi connectivity index (χ4v) is 0.339. The van der Waals surface area contributed by atoms with Gasteiger partial charge in [-0.3, -0.25) is 4.79 Å². The molecule has 0 radical (unpaired) electrons. The van der Waals surface area contributed by atoms with Crippen molar-refractivity contribution in [3.05, 3.63) is 31.4 Å². The van der Waals surface area contributed by atoms with Crippen LogP contribution in [0, 0.1) is 0 Å². The Morgan fingerprint density at radius 1 is 1.82 bits per heavy atom. The first kappa shape index (κ1) is 9.42. The fraction of sp³-hybridized carbons (Fsp3) is 0.143. The topological polar surface area (TPSA) is 66.0 Å². The Bertz CT molecular complexity index is 177. The second-order valence-electron chi connectivity index (χ2n) is 1.65. The third-order valence-electron chi connectivity index (χ3n) is 0.725. The van der Waals surface area contributed by atoms with Crippen LogP contribution in [0.15, 0.2) is 31.4 Å². The Kier molecular flexibility index (Phi) is 5.60. The number of aromatic nitrogens is 2. The van der Waals surface area contributed by atoms with Crippen LogP contribution in [-0.2, 0) is 4.79 Å². The molecule has 0 aliphatic carbocycles. The standard InChI is InChI=1S/C4H6O2.C3H4N2/c1-2-3-4(5)6;1-2-5-3-4-1/h2H,1,3H2,(H,5,6);1-3H,(H,4,5). The van der Waals surface area contributed by atoms with Crippen molar-refractivity contribution < 1.29 is 9.90 Å². The van der Waals surface area contributed by atoms with E-state index in [1.807, 2.05) is 0 Å². The molecule has 1 heterocycles. The van der Waals surface area contributed by atoms with Crippen LogP contribution >= 0.6 is 0 Å². The summed E-state index contributed by atoms with van der Waals surface area (Å²) in [6.07, 6.45) is 6.49. The Hall–Kier alpha value is -1.58. The van der Waals surface area contributed by atoms with E-state index in [4.69, 9.17) is 5.11 Å². The molecule has 1 rings (SSSR count). The van der Waals surface area contributed by atoms with E-state index in [-0.39, 0.29) is 6.42 Å². The van der Waals surface area contributed by atoms with Gasteiger partial charge in [-0.05, 0) is 0 Å². The van der Waals surface area contributed by atoms with Gasteiger partial charge in [0.25, 0.3) is 0 Å². The summed E-state index contributed by atoms with van der Waals surface area (Å²) in [7, 11) is 0. The molecule has 0 bridgehead atoms. The van der Waals surface area contributed by atoms with Crippen LogP contribution in [-0.4, -0.2) is 21.0 Å². The Labute approximate surface area is 64.6 Å². The van der Waals surface area contributed by atoms with Crippen molar-refractivity contribution >= 4 is 5.97 Å². The third kappa shape index (κ3) is 8.42. The van der Waals surface area contributed by atoms with Gasteiger partial charge in [0.2, 0.25) is 0 Å². The first-order chi connectivity index (χ1) is 5.27. The van der Waals surface area contributed by atoms with Gasteiger partial charge >= 0.3 is 5.97 Å². The molecule has 4 heteroatoms. The SMILES string of the molecule is C=CCC(=O)O.c1c[nH]cn1. The monoisotopic (exact) mass is 154 g/mol. The van der Waals surface area contributed by atoms with Crippen LogP contribution in [0.3, 0.4) is 0 Å². The maximum Gasteiger partial charge on any atom is 0.307 e. The molecule has 0 spiro atoms. The molecule has 0 aromatic carbocycles. The largest absolute Gasteiger partial charge is 0.481 e. The van der Waals surface area contributed by atoms with Crippen LogP contribution in [0.1, 0.15) is 6.42 Å². The van der Waals surface area contributed by atoms with Crippen molar-refractivity contribution in [2.45, 2.75) is 6.42 Å². The van der Waals surface area contributed by atoms with Crippen LogP contribution in [0.2, 0.25) is 0 Å². The summed E-state index contributed by atoms with van der Waals surface area (Å²) in [6.45, 7) is 3.22. The van der Waals surface area contributed by atoms with E-state index in [1.54, 1.807) is 18.7 Å². The molecular formula is C7H10N2O2. The molecule has 0 fully saturated rings. The number of rotatable bonds is 2. The Balaban J connectivity index is 0.000000183. The van der Waals surface area contributed by atoms with Crippen molar-refractivity contribution in [1.82, 2.24) is 9.97 Å². The fourth-order valence-electron chi connectivity index (χ4n) is 0.339. The van der Waals surface area contributed by atoms with E-state index >= 15 is 0 Å². The maximum atomic E-state index is 9.53.